The minimum Gasteiger partial charge on any atom is -0.489 e. The van der Waals surface area contributed by atoms with Crippen LogP contribution in [0, 0.1) is 5.82 Å². The first-order chi connectivity index (χ1) is 14.2. The van der Waals surface area contributed by atoms with Gasteiger partial charge in [0.1, 0.15) is 29.7 Å². The molecule has 146 valence electrons. The first-order valence-corrected chi connectivity index (χ1v) is 9.27. The average molecular weight is 390 g/mol. The molecular weight excluding hydrogens is 371 g/mol. The van der Waals surface area contributed by atoms with Gasteiger partial charge in [-0.25, -0.2) is 14.2 Å². The van der Waals surface area contributed by atoms with Crippen LogP contribution in [0.3, 0.4) is 0 Å². The summed E-state index contributed by atoms with van der Waals surface area (Å²) in [6.45, 7) is 2.44. The molecule has 0 N–H and O–H groups in total. The Kier molecular flexibility index (Phi) is 5.24. The Bertz CT molecular complexity index is 1140. The van der Waals surface area contributed by atoms with Crippen molar-refractivity contribution >= 4 is 16.9 Å². The number of pyridine rings is 1. The molecule has 0 aliphatic carbocycles. The zero-order valence-electron chi connectivity index (χ0n) is 15.8. The van der Waals surface area contributed by atoms with E-state index in [1.165, 1.54) is 12.1 Å². The van der Waals surface area contributed by atoms with E-state index in [2.05, 4.69) is 4.98 Å². The second-order valence-electron chi connectivity index (χ2n) is 6.41. The van der Waals surface area contributed by atoms with Gasteiger partial charge in [-0.05, 0) is 48.9 Å². The predicted molar refractivity (Wildman–Crippen MR) is 108 cm³/mol. The summed E-state index contributed by atoms with van der Waals surface area (Å²) in [5, 5.41) is 0.796. The number of ether oxygens (including phenoxy) is 2. The van der Waals surface area contributed by atoms with Gasteiger partial charge in [-0.1, -0.05) is 30.3 Å². The topological polar surface area (TPSA) is 53.4 Å². The summed E-state index contributed by atoms with van der Waals surface area (Å²) in [5.74, 6) is 0.199. The molecule has 0 aliphatic heterocycles. The van der Waals surface area contributed by atoms with Gasteiger partial charge < -0.3 is 9.47 Å². The SMILES string of the molecule is CCOC(=O)c1cc2cc(OCc3ccccc3)ccc2n1-c1ccc(F)cn1. The number of nitrogens with zero attached hydrogens (tertiary/aromatic N) is 2. The van der Waals surface area contributed by atoms with Gasteiger partial charge in [0.25, 0.3) is 0 Å². The van der Waals surface area contributed by atoms with Gasteiger partial charge in [-0.15, -0.1) is 0 Å². The lowest BCUT2D eigenvalue weighted by atomic mass is 10.2. The summed E-state index contributed by atoms with van der Waals surface area (Å²) < 4.78 is 26.1. The van der Waals surface area contributed by atoms with Crippen molar-refractivity contribution in [3.05, 3.63) is 90.0 Å². The van der Waals surface area contributed by atoms with E-state index >= 15 is 0 Å². The van der Waals surface area contributed by atoms with Crippen molar-refractivity contribution in [1.82, 2.24) is 9.55 Å². The van der Waals surface area contributed by atoms with E-state index in [-0.39, 0.29) is 6.61 Å². The van der Waals surface area contributed by atoms with Crippen molar-refractivity contribution in [1.29, 1.82) is 0 Å². The number of fused-ring (bicyclic) bond motifs is 1. The van der Waals surface area contributed by atoms with Crippen LogP contribution in [-0.4, -0.2) is 22.1 Å². The second-order valence-corrected chi connectivity index (χ2v) is 6.41. The fourth-order valence-corrected chi connectivity index (χ4v) is 3.13. The van der Waals surface area contributed by atoms with E-state index in [0.29, 0.717) is 23.9 Å². The molecule has 2 aromatic heterocycles. The number of halogens is 1. The molecule has 0 bridgehead atoms. The molecule has 4 rings (SSSR count). The summed E-state index contributed by atoms with van der Waals surface area (Å²) in [5.41, 5.74) is 2.13. The lowest BCUT2D eigenvalue weighted by molar-refractivity contribution is 0.0517. The van der Waals surface area contributed by atoms with Crippen LogP contribution in [0.4, 0.5) is 4.39 Å². The van der Waals surface area contributed by atoms with Crippen LogP contribution in [-0.2, 0) is 11.3 Å². The van der Waals surface area contributed by atoms with Crippen molar-refractivity contribution in [2.75, 3.05) is 6.61 Å². The molecule has 0 saturated heterocycles. The molecule has 0 fully saturated rings. The van der Waals surface area contributed by atoms with Gasteiger partial charge in [-0.3, -0.25) is 4.57 Å². The molecular formula is C23H19FN2O3. The van der Waals surface area contributed by atoms with Crippen LogP contribution in [0.2, 0.25) is 0 Å². The molecule has 0 spiro atoms. The van der Waals surface area contributed by atoms with Crippen LogP contribution >= 0.6 is 0 Å². The zero-order valence-corrected chi connectivity index (χ0v) is 15.8. The molecule has 6 heteroatoms. The molecule has 5 nitrogen and oxygen atoms in total. The number of esters is 1. The van der Waals surface area contributed by atoms with E-state index in [0.717, 1.165) is 22.7 Å². The smallest absolute Gasteiger partial charge is 0.355 e. The molecule has 0 aliphatic rings. The highest BCUT2D eigenvalue weighted by Gasteiger charge is 2.19. The maximum absolute atomic E-state index is 13.3. The van der Waals surface area contributed by atoms with Gasteiger partial charge in [0.2, 0.25) is 0 Å². The summed E-state index contributed by atoms with van der Waals surface area (Å²) in [6.07, 6.45) is 1.12. The van der Waals surface area contributed by atoms with Crippen molar-refractivity contribution in [2.45, 2.75) is 13.5 Å². The number of hydrogen-bond acceptors (Lipinski definition) is 4. The molecule has 0 atom stereocenters. The van der Waals surface area contributed by atoms with Gasteiger partial charge in [0.15, 0.2) is 0 Å². The maximum atomic E-state index is 13.3. The summed E-state index contributed by atoms with van der Waals surface area (Å²) >= 11 is 0. The minimum absolute atomic E-state index is 0.253. The van der Waals surface area contributed by atoms with E-state index in [9.17, 15) is 9.18 Å². The number of benzene rings is 2. The highest BCUT2D eigenvalue weighted by atomic mass is 19.1. The number of hydrogen-bond donors (Lipinski definition) is 0. The third kappa shape index (κ3) is 3.96. The molecule has 29 heavy (non-hydrogen) atoms. The molecule has 0 unspecified atom stereocenters. The van der Waals surface area contributed by atoms with Crippen molar-refractivity contribution in [3.63, 3.8) is 0 Å². The quantitative estimate of drug-likeness (QED) is 0.439. The zero-order chi connectivity index (χ0) is 20.2. The van der Waals surface area contributed by atoms with Crippen molar-refractivity contribution in [2.24, 2.45) is 0 Å². The fraction of sp³-hybridized carbons (Fsp3) is 0.130. The Morgan fingerprint density at radius 2 is 1.90 bits per heavy atom. The third-order valence-corrected chi connectivity index (χ3v) is 4.45. The van der Waals surface area contributed by atoms with E-state index in [4.69, 9.17) is 9.47 Å². The Labute approximate surface area is 167 Å². The summed E-state index contributed by atoms with van der Waals surface area (Å²) in [6, 6.07) is 20.0. The van der Waals surface area contributed by atoms with Crippen LogP contribution in [0.15, 0.2) is 72.9 Å². The minimum atomic E-state index is -0.471. The number of aromatic nitrogens is 2. The second kappa shape index (κ2) is 8.14. The van der Waals surface area contributed by atoms with E-state index < -0.39 is 11.8 Å². The number of carbonyl (C=O) groups excluding carboxylic acids is 1. The van der Waals surface area contributed by atoms with Crippen LogP contribution < -0.4 is 4.74 Å². The van der Waals surface area contributed by atoms with Crippen LogP contribution in [0.5, 0.6) is 5.75 Å². The maximum Gasteiger partial charge on any atom is 0.355 e. The fourth-order valence-electron chi connectivity index (χ4n) is 3.13. The van der Waals surface area contributed by atoms with Gasteiger partial charge in [0.05, 0.1) is 18.3 Å². The van der Waals surface area contributed by atoms with E-state index in [1.54, 1.807) is 17.6 Å². The van der Waals surface area contributed by atoms with Gasteiger partial charge in [0, 0.05) is 5.39 Å². The largest absolute Gasteiger partial charge is 0.489 e. The first kappa shape index (κ1) is 18.7. The number of carbonyl (C=O) groups is 1. The highest BCUT2D eigenvalue weighted by Crippen LogP contribution is 2.28. The molecule has 4 aromatic rings. The summed E-state index contributed by atoms with van der Waals surface area (Å²) in [4.78, 5) is 16.6. The van der Waals surface area contributed by atoms with Crippen LogP contribution in [0.1, 0.15) is 23.0 Å². The third-order valence-electron chi connectivity index (χ3n) is 4.45. The molecule has 0 amide bonds. The lowest BCUT2D eigenvalue weighted by Gasteiger charge is -2.10. The van der Waals surface area contributed by atoms with Crippen LogP contribution in [0.25, 0.3) is 16.7 Å². The average Bonchev–Trinajstić information content (AvgIpc) is 3.13. The lowest BCUT2D eigenvalue weighted by Crippen LogP contribution is -2.11. The monoisotopic (exact) mass is 390 g/mol. The number of rotatable bonds is 6. The van der Waals surface area contributed by atoms with Crippen molar-refractivity contribution < 1.29 is 18.7 Å². The molecule has 0 saturated carbocycles. The Balaban J connectivity index is 1.73. The molecule has 2 aromatic carbocycles. The standard InChI is InChI=1S/C23H19FN2O3/c1-2-28-23(27)21-13-17-12-19(29-15-16-6-4-3-5-7-16)9-10-20(17)26(21)22-11-8-18(24)14-25-22/h3-14H,2,15H2,1H3. The molecule has 0 radical (unpaired) electrons. The van der Waals surface area contributed by atoms with Gasteiger partial charge in [-0.2, -0.15) is 0 Å². The normalized spacial score (nSPS) is 10.8. The Morgan fingerprint density at radius 1 is 1.07 bits per heavy atom. The highest BCUT2D eigenvalue weighted by molar-refractivity contribution is 5.97. The molecule has 2 heterocycles. The van der Waals surface area contributed by atoms with E-state index in [1.807, 2.05) is 48.5 Å². The van der Waals surface area contributed by atoms with Gasteiger partial charge >= 0.3 is 5.97 Å². The first-order valence-electron chi connectivity index (χ1n) is 9.27. The Hall–Kier alpha value is -3.67. The Morgan fingerprint density at radius 3 is 2.62 bits per heavy atom. The summed E-state index contributed by atoms with van der Waals surface area (Å²) in [7, 11) is 0. The predicted octanol–water partition coefficient (Wildman–Crippen LogP) is 4.92. The van der Waals surface area contributed by atoms with Crippen molar-refractivity contribution in [3.8, 4) is 11.6 Å².